The molecule has 2 aromatic rings. The van der Waals surface area contributed by atoms with Crippen LogP contribution in [0.2, 0.25) is 0 Å². The van der Waals surface area contributed by atoms with Gasteiger partial charge in [-0.15, -0.1) is 0 Å². The molecule has 2 unspecified atom stereocenters. The van der Waals surface area contributed by atoms with Gasteiger partial charge >= 0.3 is 0 Å². The van der Waals surface area contributed by atoms with Gasteiger partial charge in [0.1, 0.15) is 17.2 Å². The predicted molar refractivity (Wildman–Crippen MR) is 108 cm³/mol. The lowest BCUT2D eigenvalue weighted by atomic mass is 10.2. The molecule has 2 atom stereocenters. The summed E-state index contributed by atoms with van der Waals surface area (Å²) < 4.78 is 33.1. The maximum atomic E-state index is 12.6. The Morgan fingerprint density at radius 2 is 1.71 bits per heavy atom. The summed E-state index contributed by atoms with van der Waals surface area (Å²) in [5.41, 5.74) is 7.62. The van der Waals surface area contributed by atoms with E-state index >= 15 is 0 Å². The first-order valence-corrected chi connectivity index (χ1v) is 10.5. The van der Waals surface area contributed by atoms with Crippen LogP contribution in [-0.2, 0) is 14.8 Å². The van der Waals surface area contributed by atoms with Crippen LogP contribution >= 0.6 is 0 Å². The summed E-state index contributed by atoms with van der Waals surface area (Å²) in [7, 11) is -3.73. The van der Waals surface area contributed by atoms with Crippen LogP contribution in [0.25, 0.3) is 0 Å². The standard InChI is InChI=1S/C19H24N4O4S/c1-3-27-16-10-8-15(9-11-16)23-28(25,26)18-12-17(21-22-18)19(24)20-14-6-4-13(2)5-7-14/h4-11,17-18,21-23H,3,12H2,1-2H3,(H,20,24). The van der Waals surface area contributed by atoms with Gasteiger partial charge in [0.25, 0.3) is 0 Å². The van der Waals surface area contributed by atoms with E-state index in [1.165, 1.54) is 0 Å². The van der Waals surface area contributed by atoms with E-state index in [4.69, 9.17) is 4.74 Å². The van der Waals surface area contributed by atoms with Crippen molar-refractivity contribution in [2.45, 2.75) is 31.7 Å². The number of rotatable bonds is 7. The number of hydrogen-bond acceptors (Lipinski definition) is 6. The molecule has 0 spiro atoms. The molecule has 1 aliphatic heterocycles. The average molecular weight is 404 g/mol. The number of anilines is 2. The molecule has 4 N–H and O–H groups in total. The molecule has 1 fully saturated rings. The second-order valence-corrected chi connectivity index (χ2v) is 8.39. The van der Waals surface area contributed by atoms with Crippen LogP contribution in [0.5, 0.6) is 5.75 Å². The molecule has 0 saturated carbocycles. The summed E-state index contributed by atoms with van der Waals surface area (Å²) in [6, 6.07) is 13.4. The minimum Gasteiger partial charge on any atom is -0.494 e. The van der Waals surface area contributed by atoms with Crippen LogP contribution in [0, 0.1) is 6.92 Å². The molecular weight excluding hydrogens is 380 g/mol. The Morgan fingerprint density at radius 3 is 2.36 bits per heavy atom. The van der Waals surface area contributed by atoms with Gasteiger partial charge in [0.2, 0.25) is 15.9 Å². The predicted octanol–water partition coefficient (Wildman–Crippen LogP) is 1.97. The van der Waals surface area contributed by atoms with Gasteiger partial charge in [0.15, 0.2) is 0 Å². The van der Waals surface area contributed by atoms with Crippen LogP contribution in [-0.4, -0.2) is 32.3 Å². The summed E-state index contributed by atoms with van der Waals surface area (Å²) in [4.78, 5) is 12.4. The minimum atomic E-state index is -3.73. The lowest BCUT2D eigenvalue weighted by molar-refractivity contribution is -0.117. The molecule has 0 aliphatic carbocycles. The lowest BCUT2D eigenvalue weighted by Gasteiger charge is -2.14. The number of amides is 1. The van der Waals surface area contributed by atoms with Gasteiger partial charge in [0.05, 0.1) is 6.61 Å². The highest BCUT2D eigenvalue weighted by molar-refractivity contribution is 7.93. The fourth-order valence-corrected chi connectivity index (χ4v) is 4.07. The molecule has 9 heteroatoms. The number of nitrogens with one attached hydrogen (secondary N) is 4. The first-order valence-electron chi connectivity index (χ1n) is 9.00. The number of hydrazine groups is 1. The van der Waals surface area contributed by atoms with Crippen LogP contribution in [0.15, 0.2) is 48.5 Å². The fourth-order valence-electron chi connectivity index (χ4n) is 2.79. The van der Waals surface area contributed by atoms with Crippen LogP contribution in [0.4, 0.5) is 11.4 Å². The molecule has 1 saturated heterocycles. The van der Waals surface area contributed by atoms with Crippen molar-refractivity contribution in [1.29, 1.82) is 0 Å². The van der Waals surface area contributed by atoms with E-state index in [1.54, 1.807) is 36.4 Å². The zero-order chi connectivity index (χ0) is 20.1. The zero-order valence-electron chi connectivity index (χ0n) is 15.7. The van der Waals surface area contributed by atoms with E-state index < -0.39 is 21.4 Å². The maximum absolute atomic E-state index is 12.6. The van der Waals surface area contributed by atoms with Gasteiger partial charge < -0.3 is 10.1 Å². The fraction of sp³-hybridized carbons (Fsp3) is 0.316. The quantitative estimate of drug-likeness (QED) is 0.562. The van der Waals surface area contributed by atoms with Gasteiger partial charge in [-0.1, -0.05) is 17.7 Å². The molecule has 8 nitrogen and oxygen atoms in total. The Morgan fingerprint density at radius 1 is 1.07 bits per heavy atom. The van der Waals surface area contributed by atoms with E-state index in [9.17, 15) is 13.2 Å². The van der Waals surface area contributed by atoms with E-state index in [-0.39, 0.29) is 12.3 Å². The van der Waals surface area contributed by atoms with Crippen LogP contribution in [0.3, 0.4) is 0 Å². The number of sulfonamides is 1. The van der Waals surface area contributed by atoms with Gasteiger partial charge in [-0.25, -0.2) is 19.3 Å². The molecule has 1 aliphatic rings. The van der Waals surface area contributed by atoms with E-state index in [2.05, 4.69) is 20.9 Å². The highest BCUT2D eigenvalue weighted by Gasteiger charge is 2.37. The Bertz CT molecular complexity index is 914. The molecule has 0 radical (unpaired) electrons. The molecule has 1 heterocycles. The molecule has 28 heavy (non-hydrogen) atoms. The Balaban J connectivity index is 1.58. The monoisotopic (exact) mass is 404 g/mol. The normalized spacial score (nSPS) is 19.2. The van der Waals surface area contributed by atoms with Crippen molar-refractivity contribution in [1.82, 2.24) is 10.9 Å². The Hall–Kier alpha value is -2.62. The van der Waals surface area contributed by atoms with Crippen molar-refractivity contribution in [3.63, 3.8) is 0 Å². The number of benzene rings is 2. The SMILES string of the molecule is CCOc1ccc(NS(=O)(=O)C2CC(C(=O)Nc3ccc(C)cc3)NN2)cc1. The molecule has 2 aromatic carbocycles. The van der Waals surface area contributed by atoms with Crippen molar-refractivity contribution >= 4 is 27.3 Å². The smallest absolute Gasteiger partial charge is 0.250 e. The Kier molecular flexibility index (Phi) is 6.18. The number of ether oxygens (including phenoxy) is 1. The maximum Gasteiger partial charge on any atom is 0.250 e. The third-order valence-electron chi connectivity index (χ3n) is 4.30. The number of carbonyl (C=O) groups excluding carboxylic acids is 1. The van der Waals surface area contributed by atoms with E-state index in [0.717, 1.165) is 5.56 Å². The van der Waals surface area contributed by atoms with Gasteiger partial charge in [-0.3, -0.25) is 9.52 Å². The summed E-state index contributed by atoms with van der Waals surface area (Å²) in [6.45, 7) is 4.37. The topological polar surface area (TPSA) is 109 Å². The summed E-state index contributed by atoms with van der Waals surface area (Å²) in [5, 5.41) is 1.84. The van der Waals surface area contributed by atoms with E-state index in [0.29, 0.717) is 23.7 Å². The zero-order valence-corrected chi connectivity index (χ0v) is 16.5. The highest BCUT2D eigenvalue weighted by Crippen LogP contribution is 2.20. The second-order valence-electron chi connectivity index (χ2n) is 6.53. The number of carbonyl (C=O) groups is 1. The van der Waals surface area contributed by atoms with Gasteiger partial charge in [-0.05, 0) is 50.2 Å². The molecule has 0 aromatic heterocycles. The molecule has 1 amide bonds. The van der Waals surface area contributed by atoms with Crippen molar-refractivity contribution < 1.29 is 17.9 Å². The summed E-state index contributed by atoms with van der Waals surface area (Å²) >= 11 is 0. The largest absolute Gasteiger partial charge is 0.494 e. The highest BCUT2D eigenvalue weighted by atomic mass is 32.2. The number of hydrogen-bond donors (Lipinski definition) is 4. The van der Waals surface area contributed by atoms with E-state index in [1.807, 2.05) is 26.0 Å². The second kappa shape index (κ2) is 8.59. The summed E-state index contributed by atoms with van der Waals surface area (Å²) in [5.74, 6) is 0.370. The van der Waals surface area contributed by atoms with Crippen LogP contribution in [0.1, 0.15) is 18.9 Å². The van der Waals surface area contributed by atoms with Crippen molar-refractivity contribution in [2.24, 2.45) is 0 Å². The van der Waals surface area contributed by atoms with Gasteiger partial charge in [-0.2, -0.15) is 0 Å². The third-order valence-corrected chi connectivity index (χ3v) is 5.88. The lowest BCUT2D eigenvalue weighted by Crippen LogP contribution is -2.42. The average Bonchev–Trinajstić information content (AvgIpc) is 3.17. The Labute approximate surface area is 164 Å². The third kappa shape index (κ3) is 5.00. The van der Waals surface area contributed by atoms with Crippen molar-refractivity contribution in [3.05, 3.63) is 54.1 Å². The van der Waals surface area contributed by atoms with Gasteiger partial charge in [0, 0.05) is 17.8 Å². The van der Waals surface area contributed by atoms with Crippen molar-refractivity contribution in [2.75, 3.05) is 16.6 Å². The van der Waals surface area contributed by atoms with Crippen molar-refractivity contribution in [3.8, 4) is 5.75 Å². The molecule has 150 valence electrons. The molecule has 0 bridgehead atoms. The first kappa shape index (κ1) is 20.1. The first-order chi connectivity index (χ1) is 13.4. The number of aryl methyl sites for hydroxylation is 1. The molecule has 3 rings (SSSR count). The minimum absolute atomic E-state index is 0.101. The summed E-state index contributed by atoms with van der Waals surface area (Å²) in [6.07, 6.45) is 0.101. The van der Waals surface area contributed by atoms with Crippen LogP contribution < -0.4 is 25.6 Å². The molecular formula is C19H24N4O4S.